The van der Waals surface area contributed by atoms with Crippen LogP contribution >= 0.6 is 12.4 Å². The summed E-state index contributed by atoms with van der Waals surface area (Å²) < 4.78 is 24.4. The fourth-order valence-corrected chi connectivity index (χ4v) is 6.15. The van der Waals surface area contributed by atoms with Gasteiger partial charge in [0.25, 0.3) is 0 Å². The predicted molar refractivity (Wildman–Crippen MR) is 85.8 cm³/mol. The van der Waals surface area contributed by atoms with E-state index in [0.29, 0.717) is 13.1 Å². The molecule has 0 aliphatic carbocycles. The van der Waals surface area contributed by atoms with Crippen molar-refractivity contribution < 1.29 is 18.3 Å². The Kier molecular flexibility index (Phi) is 5.14. The SMILES string of the molecule is Cl.O=C(O)CC1CS(=O)(=O)C2CN(Cc3ccccc3)CC12. The van der Waals surface area contributed by atoms with E-state index in [0.717, 1.165) is 12.1 Å². The number of carboxylic acid groups (broad SMARTS) is 1. The minimum Gasteiger partial charge on any atom is -0.481 e. The minimum atomic E-state index is -3.15. The highest BCUT2D eigenvalue weighted by atomic mass is 35.5. The summed E-state index contributed by atoms with van der Waals surface area (Å²) in [5.41, 5.74) is 1.16. The Morgan fingerprint density at radius 3 is 2.55 bits per heavy atom. The molecule has 3 unspecified atom stereocenters. The molecular formula is C15H20ClNO4S. The van der Waals surface area contributed by atoms with Gasteiger partial charge in [0, 0.05) is 26.1 Å². The number of nitrogens with zero attached hydrogens (tertiary/aromatic N) is 1. The molecule has 1 aromatic carbocycles. The highest BCUT2D eigenvalue weighted by molar-refractivity contribution is 7.92. The molecule has 122 valence electrons. The third kappa shape index (κ3) is 3.45. The van der Waals surface area contributed by atoms with Crippen molar-refractivity contribution in [1.29, 1.82) is 0 Å². The first-order chi connectivity index (χ1) is 9.95. The number of likely N-dealkylation sites (tertiary alicyclic amines) is 1. The standard InChI is InChI=1S/C15H19NO4S.ClH/c17-15(18)6-12-10-21(19,20)14-9-16(8-13(12)14)7-11-4-2-1-3-5-11;/h1-5,12-14H,6-10H2,(H,17,18);1H. The number of carbonyl (C=O) groups is 1. The second kappa shape index (κ2) is 6.56. The van der Waals surface area contributed by atoms with Gasteiger partial charge in [0.2, 0.25) is 0 Å². The third-order valence-electron chi connectivity index (χ3n) is 4.58. The molecule has 2 aliphatic rings. The van der Waals surface area contributed by atoms with Crippen LogP contribution in [0.15, 0.2) is 30.3 Å². The Bertz CT molecular complexity index is 634. The number of hydrogen-bond acceptors (Lipinski definition) is 4. The maximum atomic E-state index is 12.2. The molecule has 3 rings (SSSR count). The molecule has 1 N–H and O–H groups in total. The van der Waals surface area contributed by atoms with Crippen LogP contribution in [0.25, 0.3) is 0 Å². The van der Waals surface area contributed by atoms with Gasteiger partial charge in [0.15, 0.2) is 9.84 Å². The van der Waals surface area contributed by atoms with Gasteiger partial charge in [-0.3, -0.25) is 9.69 Å². The summed E-state index contributed by atoms with van der Waals surface area (Å²) in [7, 11) is -3.15. The molecule has 3 atom stereocenters. The summed E-state index contributed by atoms with van der Waals surface area (Å²) in [5, 5.41) is 8.57. The molecule has 0 saturated carbocycles. The average molecular weight is 346 g/mol. The van der Waals surface area contributed by atoms with Crippen LogP contribution in [-0.2, 0) is 21.2 Å². The summed E-state index contributed by atoms with van der Waals surface area (Å²) in [6, 6.07) is 9.94. The molecule has 2 saturated heterocycles. The molecule has 0 radical (unpaired) electrons. The van der Waals surface area contributed by atoms with Gasteiger partial charge in [0.1, 0.15) is 0 Å². The van der Waals surface area contributed by atoms with E-state index in [1.54, 1.807) is 0 Å². The van der Waals surface area contributed by atoms with E-state index in [1.165, 1.54) is 0 Å². The molecule has 2 aliphatic heterocycles. The van der Waals surface area contributed by atoms with Gasteiger partial charge in [-0.15, -0.1) is 12.4 Å². The van der Waals surface area contributed by atoms with E-state index in [4.69, 9.17) is 5.11 Å². The average Bonchev–Trinajstić information content (AvgIpc) is 2.91. The van der Waals surface area contributed by atoms with Crippen molar-refractivity contribution in [3.8, 4) is 0 Å². The summed E-state index contributed by atoms with van der Waals surface area (Å²) in [5.74, 6) is -1.14. The number of fused-ring (bicyclic) bond motifs is 1. The van der Waals surface area contributed by atoms with Crippen molar-refractivity contribution in [3.05, 3.63) is 35.9 Å². The molecule has 2 fully saturated rings. The maximum absolute atomic E-state index is 12.2. The Labute approximate surface area is 136 Å². The lowest BCUT2D eigenvalue weighted by atomic mass is 9.90. The number of rotatable bonds is 4. The van der Waals surface area contributed by atoms with E-state index < -0.39 is 15.8 Å². The van der Waals surface area contributed by atoms with Crippen molar-refractivity contribution in [3.63, 3.8) is 0 Å². The van der Waals surface area contributed by atoms with Crippen LogP contribution in [0.3, 0.4) is 0 Å². The quantitative estimate of drug-likeness (QED) is 0.893. The molecule has 0 bridgehead atoms. The molecule has 0 amide bonds. The molecule has 2 heterocycles. The van der Waals surface area contributed by atoms with Gasteiger partial charge in [-0.2, -0.15) is 0 Å². The summed E-state index contributed by atoms with van der Waals surface area (Å²) in [6.45, 7) is 1.93. The zero-order chi connectivity index (χ0) is 15.0. The lowest BCUT2D eigenvalue weighted by Crippen LogP contribution is -2.27. The highest BCUT2D eigenvalue weighted by Crippen LogP contribution is 2.39. The topological polar surface area (TPSA) is 74.7 Å². The minimum absolute atomic E-state index is 0. The lowest BCUT2D eigenvalue weighted by Gasteiger charge is -2.19. The Hall–Kier alpha value is -1.11. The van der Waals surface area contributed by atoms with Crippen molar-refractivity contribution in [2.45, 2.75) is 18.2 Å². The number of benzene rings is 1. The molecule has 7 heteroatoms. The summed E-state index contributed by atoms with van der Waals surface area (Å²) >= 11 is 0. The van der Waals surface area contributed by atoms with Gasteiger partial charge in [0.05, 0.1) is 11.0 Å². The van der Waals surface area contributed by atoms with Gasteiger partial charge < -0.3 is 5.11 Å². The van der Waals surface area contributed by atoms with Crippen LogP contribution in [0, 0.1) is 11.8 Å². The number of sulfone groups is 1. The number of carboxylic acids is 1. The molecule has 5 nitrogen and oxygen atoms in total. The first-order valence-electron chi connectivity index (χ1n) is 7.15. The van der Waals surface area contributed by atoms with Crippen LogP contribution in [0.5, 0.6) is 0 Å². The Balaban J connectivity index is 0.00000176. The second-order valence-electron chi connectivity index (χ2n) is 6.07. The number of aliphatic carboxylic acids is 1. The molecular weight excluding hydrogens is 326 g/mol. The maximum Gasteiger partial charge on any atom is 0.303 e. The van der Waals surface area contributed by atoms with E-state index in [9.17, 15) is 13.2 Å². The fraction of sp³-hybridized carbons (Fsp3) is 0.533. The van der Waals surface area contributed by atoms with E-state index in [-0.39, 0.29) is 41.7 Å². The normalized spacial score (nSPS) is 29.7. The van der Waals surface area contributed by atoms with Gasteiger partial charge in [-0.25, -0.2) is 8.42 Å². The fourth-order valence-electron chi connectivity index (χ4n) is 3.66. The molecule has 22 heavy (non-hydrogen) atoms. The summed E-state index contributed by atoms with van der Waals surface area (Å²) in [6.07, 6.45) is -0.0421. The highest BCUT2D eigenvalue weighted by Gasteiger charge is 2.52. The molecule has 0 aromatic heterocycles. The molecule has 0 spiro atoms. The van der Waals surface area contributed by atoms with Crippen LogP contribution in [-0.4, -0.2) is 48.5 Å². The lowest BCUT2D eigenvalue weighted by molar-refractivity contribution is -0.138. The number of hydrogen-bond donors (Lipinski definition) is 1. The molecule has 1 aromatic rings. The van der Waals surface area contributed by atoms with Crippen molar-refractivity contribution in [2.75, 3.05) is 18.8 Å². The second-order valence-corrected chi connectivity index (χ2v) is 8.33. The van der Waals surface area contributed by atoms with Crippen LogP contribution < -0.4 is 0 Å². The van der Waals surface area contributed by atoms with Crippen molar-refractivity contribution in [2.24, 2.45) is 11.8 Å². The van der Waals surface area contributed by atoms with Gasteiger partial charge >= 0.3 is 5.97 Å². The first-order valence-corrected chi connectivity index (χ1v) is 8.87. The first kappa shape index (κ1) is 17.2. The van der Waals surface area contributed by atoms with Crippen LogP contribution in [0.2, 0.25) is 0 Å². The zero-order valence-electron chi connectivity index (χ0n) is 12.1. The Morgan fingerprint density at radius 1 is 1.23 bits per heavy atom. The largest absolute Gasteiger partial charge is 0.481 e. The summed E-state index contributed by atoms with van der Waals surface area (Å²) in [4.78, 5) is 13.1. The van der Waals surface area contributed by atoms with Crippen molar-refractivity contribution in [1.82, 2.24) is 4.90 Å². The predicted octanol–water partition coefficient (Wildman–Crippen LogP) is 1.43. The Morgan fingerprint density at radius 2 is 1.91 bits per heavy atom. The third-order valence-corrected chi connectivity index (χ3v) is 6.90. The van der Waals surface area contributed by atoms with E-state index in [1.807, 2.05) is 30.3 Å². The van der Waals surface area contributed by atoms with Gasteiger partial charge in [-0.1, -0.05) is 30.3 Å². The smallest absolute Gasteiger partial charge is 0.303 e. The van der Waals surface area contributed by atoms with Crippen LogP contribution in [0.1, 0.15) is 12.0 Å². The van der Waals surface area contributed by atoms with Crippen molar-refractivity contribution >= 4 is 28.2 Å². The van der Waals surface area contributed by atoms with E-state index >= 15 is 0 Å². The zero-order valence-corrected chi connectivity index (χ0v) is 13.7. The van der Waals surface area contributed by atoms with E-state index in [2.05, 4.69) is 4.90 Å². The van der Waals surface area contributed by atoms with Crippen LogP contribution in [0.4, 0.5) is 0 Å². The van der Waals surface area contributed by atoms with Gasteiger partial charge in [-0.05, 0) is 17.4 Å². The number of halogens is 1. The monoisotopic (exact) mass is 345 g/mol.